The highest BCUT2D eigenvalue weighted by Gasteiger charge is 2.29. The number of thioether (sulfide) groups is 1. The summed E-state index contributed by atoms with van der Waals surface area (Å²) < 4.78 is 7.90. The zero-order valence-electron chi connectivity index (χ0n) is 16.4. The fraction of sp³-hybridized carbons (Fsp3) is 0.318. The minimum Gasteiger partial charge on any atom is -0.486 e. The van der Waals surface area contributed by atoms with Gasteiger partial charge < -0.3 is 9.30 Å². The molecule has 1 atom stereocenters. The zero-order chi connectivity index (χ0) is 20.4. The Morgan fingerprint density at radius 2 is 2.07 bits per heavy atom. The Morgan fingerprint density at radius 3 is 2.86 bits per heavy atom. The van der Waals surface area contributed by atoms with E-state index in [1.807, 2.05) is 60.9 Å². The van der Waals surface area contributed by atoms with Gasteiger partial charge in [-0.15, -0.1) is 10.2 Å². The van der Waals surface area contributed by atoms with Gasteiger partial charge in [-0.05, 0) is 56.0 Å². The van der Waals surface area contributed by atoms with Gasteiger partial charge in [-0.3, -0.25) is 4.79 Å². The quantitative estimate of drug-likeness (QED) is 0.545. The van der Waals surface area contributed by atoms with Crippen LogP contribution in [-0.4, -0.2) is 25.8 Å². The van der Waals surface area contributed by atoms with E-state index in [0.29, 0.717) is 18.2 Å². The molecule has 5 nitrogen and oxygen atoms in total. The standard InChI is InChI=1S/C22H22ClN3O2S/c1-3-26-20(13-28-16-9-10-18(23)14(2)12-16)24-25-22(26)29-19-11-8-15-6-4-5-7-17(15)21(19)27/h4-7,9-10,12,19H,3,8,11,13H2,1-2H3/t19-/m1/s1. The van der Waals surface area contributed by atoms with Gasteiger partial charge in [0.25, 0.3) is 0 Å². The van der Waals surface area contributed by atoms with Crippen molar-refractivity contribution in [2.45, 2.75) is 50.2 Å². The van der Waals surface area contributed by atoms with E-state index in [0.717, 1.165) is 46.3 Å². The number of aromatic nitrogens is 3. The molecule has 0 N–H and O–H groups in total. The van der Waals surface area contributed by atoms with Gasteiger partial charge >= 0.3 is 0 Å². The highest BCUT2D eigenvalue weighted by atomic mass is 35.5. The minimum absolute atomic E-state index is 0.132. The number of hydrogen-bond donors (Lipinski definition) is 0. The fourth-order valence-electron chi connectivity index (χ4n) is 3.49. The molecule has 0 amide bonds. The summed E-state index contributed by atoms with van der Waals surface area (Å²) >= 11 is 7.57. The summed E-state index contributed by atoms with van der Waals surface area (Å²) in [5.41, 5.74) is 2.94. The van der Waals surface area contributed by atoms with E-state index in [1.54, 1.807) is 0 Å². The smallest absolute Gasteiger partial charge is 0.192 e. The number of fused-ring (bicyclic) bond motifs is 1. The molecule has 0 radical (unpaired) electrons. The van der Waals surface area contributed by atoms with Crippen LogP contribution in [0, 0.1) is 6.92 Å². The molecule has 0 unspecified atom stereocenters. The number of hydrogen-bond acceptors (Lipinski definition) is 5. The first-order valence-corrected chi connectivity index (χ1v) is 10.9. The van der Waals surface area contributed by atoms with Crippen molar-refractivity contribution in [1.82, 2.24) is 14.8 Å². The number of ketones is 1. The van der Waals surface area contributed by atoms with E-state index in [1.165, 1.54) is 11.8 Å². The van der Waals surface area contributed by atoms with Crippen LogP contribution in [0.3, 0.4) is 0 Å². The van der Waals surface area contributed by atoms with Crippen LogP contribution in [-0.2, 0) is 19.6 Å². The molecule has 0 aliphatic heterocycles. The highest BCUT2D eigenvalue weighted by Crippen LogP contribution is 2.33. The van der Waals surface area contributed by atoms with Crippen molar-refractivity contribution < 1.29 is 9.53 Å². The Labute approximate surface area is 179 Å². The van der Waals surface area contributed by atoms with E-state index in [4.69, 9.17) is 16.3 Å². The first-order valence-electron chi connectivity index (χ1n) is 9.66. The monoisotopic (exact) mass is 427 g/mol. The van der Waals surface area contributed by atoms with Crippen molar-refractivity contribution in [1.29, 1.82) is 0 Å². The van der Waals surface area contributed by atoms with E-state index in [2.05, 4.69) is 10.2 Å². The largest absolute Gasteiger partial charge is 0.486 e. The lowest BCUT2D eigenvalue weighted by atomic mass is 9.90. The van der Waals surface area contributed by atoms with E-state index < -0.39 is 0 Å². The second-order valence-electron chi connectivity index (χ2n) is 7.01. The first-order chi connectivity index (χ1) is 14.1. The molecule has 1 aromatic heterocycles. The van der Waals surface area contributed by atoms with Crippen LogP contribution in [0.5, 0.6) is 5.75 Å². The molecule has 150 valence electrons. The molecular weight excluding hydrogens is 406 g/mol. The summed E-state index contributed by atoms with van der Waals surface area (Å²) in [7, 11) is 0. The van der Waals surface area contributed by atoms with E-state index in [-0.39, 0.29) is 11.0 Å². The van der Waals surface area contributed by atoms with Crippen LogP contribution >= 0.6 is 23.4 Å². The van der Waals surface area contributed by atoms with Gasteiger partial charge in [0, 0.05) is 17.1 Å². The Bertz CT molecular complexity index is 1050. The summed E-state index contributed by atoms with van der Waals surface area (Å²) in [6.45, 7) is 5.01. The third-order valence-electron chi connectivity index (χ3n) is 5.11. The number of Topliss-reactive ketones (excluding diaryl/α,β-unsaturated/α-hetero) is 1. The van der Waals surface area contributed by atoms with Crippen molar-refractivity contribution in [3.05, 3.63) is 70.0 Å². The SMILES string of the molecule is CCn1c(COc2ccc(Cl)c(C)c2)nnc1S[C@@H]1CCc2ccccc2C1=O. The molecule has 7 heteroatoms. The van der Waals surface area contributed by atoms with Crippen molar-refractivity contribution in [2.24, 2.45) is 0 Å². The molecule has 0 fully saturated rings. The van der Waals surface area contributed by atoms with E-state index >= 15 is 0 Å². The lowest BCUT2D eigenvalue weighted by molar-refractivity contribution is 0.0979. The van der Waals surface area contributed by atoms with Gasteiger partial charge in [-0.2, -0.15) is 0 Å². The molecule has 0 bridgehead atoms. The number of ether oxygens (including phenoxy) is 1. The normalized spacial score (nSPS) is 16.0. The molecule has 1 heterocycles. The van der Waals surface area contributed by atoms with Crippen LogP contribution in [0.4, 0.5) is 0 Å². The predicted octanol–water partition coefficient (Wildman–Crippen LogP) is 5.13. The Hall–Kier alpha value is -2.31. The Morgan fingerprint density at radius 1 is 1.24 bits per heavy atom. The number of nitrogens with zero attached hydrogens (tertiary/aromatic N) is 3. The van der Waals surface area contributed by atoms with Crippen LogP contribution in [0.15, 0.2) is 47.6 Å². The number of rotatable bonds is 6. The predicted molar refractivity (Wildman–Crippen MR) is 115 cm³/mol. The van der Waals surface area contributed by atoms with Crippen molar-refractivity contribution in [3.63, 3.8) is 0 Å². The topological polar surface area (TPSA) is 57.0 Å². The number of halogens is 1. The number of carbonyl (C=O) groups excluding carboxylic acids is 1. The van der Waals surface area contributed by atoms with Gasteiger partial charge in [0.2, 0.25) is 0 Å². The molecule has 1 aliphatic carbocycles. The zero-order valence-corrected chi connectivity index (χ0v) is 18.0. The first kappa shape index (κ1) is 20.0. The van der Waals surface area contributed by atoms with Gasteiger partial charge in [0.1, 0.15) is 12.4 Å². The summed E-state index contributed by atoms with van der Waals surface area (Å²) in [4.78, 5) is 12.9. The van der Waals surface area contributed by atoms with Gasteiger partial charge in [0.05, 0.1) is 5.25 Å². The Balaban J connectivity index is 1.47. The van der Waals surface area contributed by atoms with Crippen molar-refractivity contribution in [2.75, 3.05) is 0 Å². The molecule has 0 saturated heterocycles. The second kappa shape index (κ2) is 8.59. The lowest BCUT2D eigenvalue weighted by Crippen LogP contribution is -2.25. The van der Waals surface area contributed by atoms with Gasteiger partial charge in [-0.25, -0.2) is 0 Å². The molecule has 2 aromatic carbocycles. The van der Waals surface area contributed by atoms with Crippen LogP contribution in [0.25, 0.3) is 0 Å². The van der Waals surface area contributed by atoms with E-state index in [9.17, 15) is 4.79 Å². The summed E-state index contributed by atoms with van der Waals surface area (Å²) in [6.07, 6.45) is 1.72. The van der Waals surface area contributed by atoms with Crippen LogP contribution in [0.2, 0.25) is 5.02 Å². The summed E-state index contributed by atoms with van der Waals surface area (Å²) in [6, 6.07) is 13.4. The average Bonchev–Trinajstić information content (AvgIpc) is 3.12. The molecule has 29 heavy (non-hydrogen) atoms. The fourth-order valence-corrected chi connectivity index (χ4v) is 4.79. The molecule has 1 aliphatic rings. The van der Waals surface area contributed by atoms with Gasteiger partial charge in [0.15, 0.2) is 16.8 Å². The van der Waals surface area contributed by atoms with Gasteiger partial charge in [-0.1, -0.05) is 47.6 Å². The highest BCUT2D eigenvalue weighted by molar-refractivity contribution is 8.00. The number of benzene rings is 2. The third kappa shape index (κ3) is 4.19. The Kier molecular flexibility index (Phi) is 5.92. The average molecular weight is 428 g/mol. The lowest BCUT2D eigenvalue weighted by Gasteiger charge is -2.22. The molecule has 3 aromatic rings. The third-order valence-corrected chi connectivity index (χ3v) is 6.78. The van der Waals surface area contributed by atoms with Crippen molar-refractivity contribution in [3.8, 4) is 5.75 Å². The number of carbonyl (C=O) groups is 1. The molecule has 0 saturated carbocycles. The summed E-state index contributed by atoms with van der Waals surface area (Å²) in [5, 5.41) is 9.99. The molecular formula is C22H22ClN3O2S. The summed E-state index contributed by atoms with van der Waals surface area (Å²) in [5.74, 6) is 1.66. The van der Waals surface area contributed by atoms with Crippen molar-refractivity contribution >= 4 is 29.1 Å². The maximum atomic E-state index is 12.9. The minimum atomic E-state index is -0.132. The van der Waals surface area contributed by atoms with Crippen LogP contribution < -0.4 is 4.74 Å². The second-order valence-corrected chi connectivity index (χ2v) is 8.59. The number of aryl methyl sites for hydroxylation is 2. The maximum Gasteiger partial charge on any atom is 0.192 e. The maximum absolute atomic E-state index is 12.9. The molecule has 0 spiro atoms. The molecule has 4 rings (SSSR count). The van der Waals surface area contributed by atoms with Crippen LogP contribution in [0.1, 0.15) is 40.7 Å².